The van der Waals surface area contributed by atoms with Gasteiger partial charge in [-0.05, 0) is 38.5 Å². The number of amides is 1. The third-order valence-corrected chi connectivity index (χ3v) is 4.70. The Hall–Kier alpha value is -1.10. The van der Waals surface area contributed by atoms with Crippen LogP contribution in [0, 0.1) is 12.8 Å². The highest BCUT2D eigenvalue weighted by Crippen LogP contribution is 2.24. The summed E-state index contributed by atoms with van der Waals surface area (Å²) >= 11 is 1.22. The molecule has 1 N–H and O–H groups in total. The van der Waals surface area contributed by atoms with E-state index in [-0.39, 0.29) is 10.8 Å². The van der Waals surface area contributed by atoms with Gasteiger partial charge >= 0.3 is 4.87 Å². The van der Waals surface area contributed by atoms with Gasteiger partial charge in [0, 0.05) is 30.1 Å². The smallest absolute Gasteiger partial charge is 0.307 e. The van der Waals surface area contributed by atoms with E-state index in [1.807, 2.05) is 12.3 Å². The van der Waals surface area contributed by atoms with Crippen molar-refractivity contribution in [3.8, 4) is 0 Å². The fraction of sp³-hybridized carbons (Fsp3) is 0.714. The van der Waals surface area contributed by atoms with Crippen LogP contribution in [0.5, 0.6) is 0 Å². The molecule has 1 aromatic heterocycles. The van der Waals surface area contributed by atoms with Crippen LogP contribution in [0.3, 0.4) is 0 Å². The first-order chi connectivity index (χ1) is 9.06. The maximum atomic E-state index is 11.8. The maximum absolute atomic E-state index is 11.8. The summed E-state index contributed by atoms with van der Waals surface area (Å²) < 4.78 is 1.75. The van der Waals surface area contributed by atoms with Crippen molar-refractivity contribution in [2.45, 2.75) is 58.5 Å². The summed E-state index contributed by atoms with van der Waals surface area (Å²) in [5.74, 6) is 0.859. The molecular formula is C14H22N2O2S. The molecule has 0 aromatic carbocycles. The van der Waals surface area contributed by atoms with Gasteiger partial charge < -0.3 is 9.88 Å². The number of aromatic nitrogens is 1. The zero-order chi connectivity index (χ0) is 13.8. The number of carbonyl (C=O) groups excluding carboxylic acids is 1. The van der Waals surface area contributed by atoms with E-state index in [0.29, 0.717) is 19.0 Å². The van der Waals surface area contributed by atoms with Gasteiger partial charge in [0.25, 0.3) is 0 Å². The van der Waals surface area contributed by atoms with Gasteiger partial charge in [-0.1, -0.05) is 18.3 Å². The summed E-state index contributed by atoms with van der Waals surface area (Å²) in [4.78, 5) is 23.4. The SMILES string of the molecule is Cc1csc(=O)n1CCCC(=O)NC1CCC(C)C1. The molecule has 0 aliphatic heterocycles. The second kappa shape index (κ2) is 6.37. The van der Waals surface area contributed by atoms with E-state index in [0.717, 1.165) is 30.9 Å². The van der Waals surface area contributed by atoms with Gasteiger partial charge in [0.2, 0.25) is 5.91 Å². The Balaban J connectivity index is 1.71. The first-order valence-corrected chi connectivity index (χ1v) is 7.88. The van der Waals surface area contributed by atoms with Gasteiger partial charge in [0.1, 0.15) is 0 Å². The number of rotatable bonds is 5. The van der Waals surface area contributed by atoms with Gasteiger partial charge in [-0.2, -0.15) is 0 Å². The van der Waals surface area contributed by atoms with Crippen molar-refractivity contribution in [1.82, 2.24) is 9.88 Å². The predicted molar refractivity (Wildman–Crippen MR) is 77.5 cm³/mol. The molecule has 1 aromatic rings. The fourth-order valence-electron chi connectivity index (χ4n) is 2.71. The van der Waals surface area contributed by atoms with E-state index < -0.39 is 0 Å². The van der Waals surface area contributed by atoms with E-state index >= 15 is 0 Å². The topological polar surface area (TPSA) is 51.1 Å². The molecule has 1 heterocycles. The van der Waals surface area contributed by atoms with Crippen LogP contribution in [-0.2, 0) is 11.3 Å². The number of nitrogens with one attached hydrogen (secondary N) is 1. The van der Waals surface area contributed by atoms with Crippen molar-refractivity contribution in [2.75, 3.05) is 0 Å². The van der Waals surface area contributed by atoms with Crippen LogP contribution in [0.2, 0.25) is 0 Å². The van der Waals surface area contributed by atoms with E-state index in [4.69, 9.17) is 0 Å². The minimum absolute atomic E-state index is 0.0718. The van der Waals surface area contributed by atoms with Crippen LogP contribution in [0.25, 0.3) is 0 Å². The van der Waals surface area contributed by atoms with Crippen molar-refractivity contribution >= 4 is 17.2 Å². The molecule has 4 nitrogen and oxygen atoms in total. The number of aryl methyl sites for hydroxylation is 1. The quantitative estimate of drug-likeness (QED) is 0.901. The van der Waals surface area contributed by atoms with Crippen molar-refractivity contribution in [1.29, 1.82) is 0 Å². The molecule has 1 aliphatic carbocycles. The Morgan fingerprint density at radius 2 is 2.32 bits per heavy atom. The summed E-state index contributed by atoms with van der Waals surface area (Å²) in [5.41, 5.74) is 0.986. The molecule has 19 heavy (non-hydrogen) atoms. The lowest BCUT2D eigenvalue weighted by atomic mass is 10.1. The summed E-state index contributed by atoms with van der Waals surface area (Å²) in [6.45, 7) is 4.80. The minimum Gasteiger partial charge on any atom is -0.353 e. The number of nitrogens with zero attached hydrogens (tertiary/aromatic N) is 1. The second-order valence-corrected chi connectivity index (χ2v) is 6.40. The van der Waals surface area contributed by atoms with Crippen LogP contribution in [0.15, 0.2) is 10.2 Å². The van der Waals surface area contributed by atoms with Crippen LogP contribution < -0.4 is 10.2 Å². The lowest BCUT2D eigenvalue weighted by Crippen LogP contribution is -2.33. The zero-order valence-corrected chi connectivity index (χ0v) is 12.5. The van der Waals surface area contributed by atoms with Crippen LogP contribution >= 0.6 is 11.3 Å². The molecule has 0 bridgehead atoms. The minimum atomic E-state index is 0.0718. The van der Waals surface area contributed by atoms with E-state index in [2.05, 4.69) is 12.2 Å². The predicted octanol–water partition coefficient (Wildman–Crippen LogP) is 2.30. The molecule has 2 unspecified atom stereocenters. The zero-order valence-electron chi connectivity index (χ0n) is 11.6. The second-order valence-electron chi connectivity index (χ2n) is 5.58. The molecule has 2 rings (SSSR count). The Labute approximate surface area is 117 Å². The number of hydrogen-bond acceptors (Lipinski definition) is 3. The number of hydrogen-bond donors (Lipinski definition) is 1. The largest absolute Gasteiger partial charge is 0.353 e. The Morgan fingerprint density at radius 1 is 1.53 bits per heavy atom. The molecule has 1 amide bonds. The first-order valence-electron chi connectivity index (χ1n) is 7.00. The average Bonchev–Trinajstić information content (AvgIpc) is 2.89. The van der Waals surface area contributed by atoms with Gasteiger partial charge in [0.05, 0.1) is 0 Å². The monoisotopic (exact) mass is 282 g/mol. The van der Waals surface area contributed by atoms with Crippen molar-refractivity contribution in [3.63, 3.8) is 0 Å². The van der Waals surface area contributed by atoms with Crippen molar-refractivity contribution in [3.05, 3.63) is 20.7 Å². The standard InChI is InChI=1S/C14H22N2O2S/c1-10-5-6-12(8-10)15-13(17)4-3-7-16-11(2)9-19-14(16)18/h9-10,12H,3-8H2,1-2H3,(H,15,17). The summed E-state index contributed by atoms with van der Waals surface area (Å²) in [6.07, 6.45) is 4.66. The van der Waals surface area contributed by atoms with E-state index in [1.165, 1.54) is 17.8 Å². The summed E-state index contributed by atoms with van der Waals surface area (Å²) in [6, 6.07) is 0.369. The number of carbonyl (C=O) groups is 1. The highest BCUT2D eigenvalue weighted by Gasteiger charge is 2.22. The van der Waals surface area contributed by atoms with Crippen LogP contribution in [0.1, 0.15) is 44.7 Å². The Morgan fingerprint density at radius 3 is 2.89 bits per heavy atom. The Kier molecular flexibility index (Phi) is 4.80. The highest BCUT2D eigenvalue weighted by atomic mass is 32.1. The molecule has 0 radical (unpaired) electrons. The van der Waals surface area contributed by atoms with Gasteiger partial charge in [0.15, 0.2) is 0 Å². The summed E-state index contributed by atoms with van der Waals surface area (Å²) in [7, 11) is 0. The third-order valence-electron chi connectivity index (χ3n) is 3.82. The molecular weight excluding hydrogens is 260 g/mol. The van der Waals surface area contributed by atoms with E-state index in [1.54, 1.807) is 4.57 Å². The normalized spacial score (nSPS) is 22.6. The highest BCUT2D eigenvalue weighted by molar-refractivity contribution is 7.07. The molecule has 0 saturated heterocycles. The third kappa shape index (κ3) is 3.93. The van der Waals surface area contributed by atoms with Crippen LogP contribution in [-0.4, -0.2) is 16.5 Å². The average molecular weight is 282 g/mol. The lowest BCUT2D eigenvalue weighted by Gasteiger charge is -2.12. The molecule has 1 fully saturated rings. The molecule has 1 saturated carbocycles. The van der Waals surface area contributed by atoms with Gasteiger partial charge in [-0.25, -0.2) is 0 Å². The van der Waals surface area contributed by atoms with Crippen molar-refractivity contribution < 1.29 is 4.79 Å². The van der Waals surface area contributed by atoms with Gasteiger partial charge in [-0.15, -0.1) is 0 Å². The van der Waals surface area contributed by atoms with Crippen molar-refractivity contribution in [2.24, 2.45) is 5.92 Å². The molecule has 1 aliphatic rings. The first kappa shape index (κ1) is 14.3. The lowest BCUT2D eigenvalue weighted by molar-refractivity contribution is -0.121. The molecule has 0 spiro atoms. The van der Waals surface area contributed by atoms with E-state index in [9.17, 15) is 9.59 Å². The van der Waals surface area contributed by atoms with Gasteiger partial charge in [-0.3, -0.25) is 9.59 Å². The number of thiazole rings is 1. The molecule has 106 valence electrons. The van der Waals surface area contributed by atoms with Crippen LogP contribution in [0.4, 0.5) is 0 Å². The Bertz CT molecular complexity index is 492. The maximum Gasteiger partial charge on any atom is 0.307 e. The fourth-order valence-corrected chi connectivity index (χ4v) is 3.47. The molecule has 5 heteroatoms. The molecule has 2 atom stereocenters. The summed E-state index contributed by atoms with van der Waals surface area (Å²) in [5, 5.41) is 4.96.